The van der Waals surface area contributed by atoms with E-state index in [4.69, 9.17) is 0 Å². The second kappa shape index (κ2) is 4.96. The van der Waals surface area contributed by atoms with Crippen LogP contribution < -0.4 is 10.6 Å². The van der Waals surface area contributed by atoms with Gasteiger partial charge in [-0.2, -0.15) is 0 Å². The third kappa shape index (κ3) is 2.50. The van der Waals surface area contributed by atoms with Gasteiger partial charge in [0.2, 0.25) is 5.91 Å². The largest absolute Gasteiger partial charge is 0.373 e. The Morgan fingerprint density at radius 2 is 2.10 bits per heavy atom. The summed E-state index contributed by atoms with van der Waals surface area (Å²) in [6, 6.07) is 11.6. The maximum Gasteiger partial charge on any atom is 0.248 e. The monoisotopic (exact) mass is 267 g/mol. The first-order valence-corrected chi connectivity index (χ1v) is 6.72. The summed E-state index contributed by atoms with van der Waals surface area (Å²) in [7, 11) is 0. The molecule has 1 aromatic carbocycles. The maximum absolute atomic E-state index is 12.3. The van der Waals surface area contributed by atoms with Gasteiger partial charge in [0.25, 0.3) is 0 Å². The molecule has 0 radical (unpaired) electrons. The minimum Gasteiger partial charge on any atom is -0.373 e. The van der Waals surface area contributed by atoms with Crippen LogP contribution in [0, 0.1) is 13.8 Å². The number of aromatic nitrogens is 1. The molecule has 0 saturated heterocycles. The Morgan fingerprint density at radius 3 is 2.85 bits per heavy atom. The number of benzene rings is 1. The molecule has 3 rings (SSSR count). The normalized spacial score (nSPS) is 16.4. The smallest absolute Gasteiger partial charge is 0.248 e. The van der Waals surface area contributed by atoms with E-state index in [1.165, 1.54) is 5.56 Å². The fourth-order valence-electron chi connectivity index (χ4n) is 2.57. The van der Waals surface area contributed by atoms with Gasteiger partial charge in [0.05, 0.1) is 0 Å². The molecule has 102 valence electrons. The molecule has 0 unspecified atom stereocenters. The molecule has 2 aromatic rings. The van der Waals surface area contributed by atoms with Crippen LogP contribution in [0.1, 0.15) is 16.8 Å². The lowest BCUT2D eigenvalue weighted by Gasteiger charge is -2.12. The molecule has 1 aliphatic rings. The molecule has 4 nitrogen and oxygen atoms in total. The van der Waals surface area contributed by atoms with Gasteiger partial charge in [-0.1, -0.05) is 18.2 Å². The van der Waals surface area contributed by atoms with Crippen molar-refractivity contribution in [2.75, 3.05) is 10.6 Å². The van der Waals surface area contributed by atoms with Crippen molar-refractivity contribution >= 4 is 17.4 Å². The molecule has 0 aliphatic carbocycles. The van der Waals surface area contributed by atoms with E-state index in [9.17, 15) is 4.79 Å². The Bertz CT molecular complexity index is 621. The number of rotatable bonds is 2. The van der Waals surface area contributed by atoms with Gasteiger partial charge in [-0.15, -0.1) is 0 Å². The van der Waals surface area contributed by atoms with Crippen LogP contribution in [-0.4, -0.2) is 16.9 Å². The highest BCUT2D eigenvalue weighted by atomic mass is 16.2. The van der Waals surface area contributed by atoms with Gasteiger partial charge in [0, 0.05) is 17.8 Å². The van der Waals surface area contributed by atoms with Crippen LogP contribution in [0.5, 0.6) is 0 Å². The SMILES string of the molecule is Cc1cc(C)nc(NC(=O)[C@@H]2Cc3ccccc3N2)c1. The van der Waals surface area contributed by atoms with Crippen molar-refractivity contribution in [3.05, 3.63) is 53.2 Å². The number of amides is 1. The summed E-state index contributed by atoms with van der Waals surface area (Å²) in [5.41, 5.74) is 4.22. The van der Waals surface area contributed by atoms with Crippen LogP contribution in [0.4, 0.5) is 11.5 Å². The van der Waals surface area contributed by atoms with Crippen molar-refractivity contribution < 1.29 is 4.79 Å². The lowest BCUT2D eigenvalue weighted by Crippen LogP contribution is -2.33. The second-order valence-corrected chi connectivity index (χ2v) is 5.22. The molecule has 1 aliphatic heterocycles. The Hall–Kier alpha value is -2.36. The van der Waals surface area contributed by atoms with E-state index in [1.807, 2.05) is 50.2 Å². The number of aryl methyl sites for hydroxylation is 2. The molecule has 2 N–H and O–H groups in total. The summed E-state index contributed by atoms with van der Waals surface area (Å²) in [6.07, 6.45) is 0.715. The number of anilines is 2. The van der Waals surface area contributed by atoms with Gasteiger partial charge in [0.1, 0.15) is 11.9 Å². The summed E-state index contributed by atoms with van der Waals surface area (Å²) in [5.74, 6) is 0.573. The predicted octanol–water partition coefficient (Wildman–Crippen LogP) is 2.67. The lowest BCUT2D eigenvalue weighted by molar-refractivity contribution is -0.116. The number of pyridine rings is 1. The number of hydrogen-bond donors (Lipinski definition) is 2. The van der Waals surface area contributed by atoms with E-state index in [0.717, 1.165) is 16.9 Å². The van der Waals surface area contributed by atoms with Crippen LogP contribution >= 0.6 is 0 Å². The third-order valence-corrected chi connectivity index (χ3v) is 3.44. The minimum absolute atomic E-state index is 0.0429. The average molecular weight is 267 g/mol. The highest BCUT2D eigenvalue weighted by Gasteiger charge is 2.26. The van der Waals surface area contributed by atoms with E-state index in [1.54, 1.807) is 0 Å². The Kier molecular flexibility index (Phi) is 3.14. The Balaban J connectivity index is 1.72. The fourth-order valence-corrected chi connectivity index (χ4v) is 2.57. The molecule has 0 bridgehead atoms. The molecule has 1 amide bonds. The van der Waals surface area contributed by atoms with Gasteiger partial charge >= 0.3 is 0 Å². The van der Waals surface area contributed by atoms with Gasteiger partial charge in [-0.05, 0) is 43.2 Å². The van der Waals surface area contributed by atoms with E-state index < -0.39 is 0 Å². The standard InChI is InChI=1S/C16H17N3O/c1-10-7-11(2)17-15(8-10)19-16(20)14-9-12-5-3-4-6-13(12)18-14/h3-8,14,18H,9H2,1-2H3,(H,17,19,20)/t14-/m0/s1. The Morgan fingerprint density at radius 1 is 1.30 bits per heavy atom. The quantitative estimate of drug-likeness (QED) is 0.879. The third-order valence-electron chi connectivity index (χ3n) is 3.44. The number of hydrogen-bond acceptors (Lipinski definition) is 3. The Labute approximate surface area is 118 Å². The topological polar surface area (TPSA) is 54.0 Å². The van der Waals surface area contributed by atoms with E-state index in [0.29, 0.717) is 12.2 Å². The number of fused-ring (bicyclic) bond motifs is 1. The highest BCUT2D eigenvalue weighted by molar-refractivity contribution is 5.97. The summed E-state index contributed by atoms with van der Waals surface area (Å²) in [6.45, 7) is 3.92. The zero-order valence-corrected chi connectivity index (χ0v) is 11.6. The van der Waals surface area contributed by atoms with Gasteiger partial charge in [-0.3, -0.25) is 4.79 Å². The van der Waals surface area contributed by atoms with Crippen molar-refractivity contribution in [1.29, 1.82) is 0 Å². The first kappa shape index (κ1) is 12.7. The van der Waals surface area contributed by atoms with Gasteiger partial charge in [-0.25, -0.2) is 4.98 Å². The molecule has 1 aromatic heterocycles. The first-order valence-electron chi connectivity index (χ1n) is 6.72. The van der Waals surface area contributed by atoms with Crippen molar-refractivity contribution in [3.63, 3.8) is 0 Å². The van der Waals surface area contributed by atoms with Crippen molar-refractivity contribution in [2.24, 2.45) is 0 Å². The van der Waals surface area contributed by atoms with Crippen LogP contribution in [0.3, 0.4) is 0 Å². The van der Waals surface area contributed by atoms with Crippen molar-refractivity contribution in [1.82, 2.24) is 4.98 Å². The lowest BCUT2D eigenvalue weighted by atomic mass is 10.1. The zero-order chi connectivity index (χ0) is 14.1. The molecule has 4 heteroatoms. The van der Waals surface area contributed by atoms with Crippen LogP contribution in [-0.2, 0) is 11.2 Å². The number of carbonyl (C=O) groups is 1. The van der Waals surface area contributed by atoms with Crippen molar-refractivity contribution in [2.45, 2.75) is 26.3 Å². The highest BCUT2D eigenvalue weighted by Crippen LogP contribution is 2.25. The number of nitrogens with one attached hydrogen (secondary N) is 2. The number of carbonyl (C=O) groups excluding carboxylic acids is 1. The zero-order valence-electron chi connectivity index (χ0n) is 11.6. The van der Waals surface area contributed by atoms with E-state index in [2.05, 4.69) is 15.6 Å². The summed E-state index contributed by atoms with van der Waals surface area (Å²) in [5, 5.41) is 6.13. The summed E-state index contributed by atoms with van der Waals surface area (Å²) < 4.78 is 0. The number of nitrogens with zero attached hydrogens (tertiary/aromatic N) is 1. The maximum atomic E-state index is 12.3. The average Bonchev–Trinajstić information content (AvgIpc) is 2.81. The van der Waals surface area contributed by atoms with Gasteiger partial charge in [0.15, 0.2) is 0 Å². The molecular weight excluding hydrogens is 250 g/mol. The molecular formula is C16H17N3O. The summed E-state index contributed by atoms with van der Waals surface area (Å²) >= 11 is 0. The predicted molar refractivity (Wildman–Crippen MR) is 79.9 cm³/mol. The summed E-state index contributed by atoms with van der Waals surface area (Å²) in [4.78, 5) is 16.6. The minimum atomic E-state index is -0.227. The van der Waals surface area contributed by atoms with Crippen LogP contribution in [0.2, 0.25) is 0 Å². The van der Waals surface area contributed by atoms with Gasteiger partial charge < -0.3 is 10.6 Å². The molecule has 2 heterocycles. The molecule has 20 heavy (non-hydrogen) atoms. The van der Waals surface area contributed by atoms with E-state index >= 15 is 0 Å². The molecule has 0 spiro atoms. The van der Waals surface area contributed by atoms with Crippen molar-refractivity contribution in [3.8, 4) is 0 Å². The van der Waals surface area contributed by atoms with Crippen LogP contribution in [0.25, 0.3) is 0 Å². The van der Waals surface area contributed by atoms with E-state index in [-0.39, 0.29) is 11.9 Å². The van der Waals surface area contributed by atoms with Crippen LogP contribution in [0.15, 0.2) is 36.4 Å². The second-order valence-electron chi connectivity index (χ2n) is 5.22. The molecule has 1 atom stereocenters. The first-order chi connectivity index (χ1) is 9.61. The fraction of sp³-hybridized carbons (Fsp3) is 0.250. The molecule has 0 fully saturated rings. The molecule has 0 saturated carbocycles. The number of para-hydroxylation sites is 1.